The monoisotopic (exact) mass is 773 g/mol. The van der Waals surface area contributed by atoms with Crippen LogP contribution in [0.4, 0.5) is 17.6 Å². The Bertz CT molecular complexity index is 1660. The number of hydrogen-bond donors (Lipinski definition) is 0. The minimum Gasteiger partial charge on any atom is -0.273 e. The summed E-state index contributed by atoms with van der Waals surface area (Å²) in [5.41, 5.74) is -9.60. The maximum Gasteiger partial charge on any atom is 0.296 e. The summed E-state index contributed by atoms with van der Waals surface area (Å²) in [6, 6.07) is 34.0. The second-order valence-corrected chi connectivity index (χ2v) is 11.3. The third-order valence-corrected chi connectivity index (χ3v) is 8.94. The standard InChI is InChI=1S/C37H18F4N3.Ir/c38-34-23-7-1-8-24(19-23)35(39)29-13-6-18-44(22-29)37(41,27-11-2-9-25(34)20-27)28-12-3-10-26(21-28)36(40,32-16-4-14-30(34)42-32)33-17-5-15-31(35)43-33;/h1-18H;/q-3;. The zero-order chi connectivity index (χ0) is 29.9. The van der Waals surface area contributed by atoms with Crippen molar-refractivity contribution in [2.75, 3.05) is 0 Å². The molecule has 4 aliphatic heterocycles. The second-order valence-electron chi connectivity index (χ2n) is 11.3. The van der Waals surface area contributed by atoms with Crippen molar-refractivity contribution in [1.29, 1.82) is 0 Å². The molecule has 3 aromatic heterocycles. The Morgan fingerprint density at radius 3 is 1.31 bits per heavy atom. The van der Waals surface area contributed by atoms with Crippen LogP contribution in [0.1, 0.15) is 61.7 Å². The summed E-state index contributed by atoms with van der Waals surface area (Å²) in [6.07, 6.45) is 4.34. The molecule has 3 nitrogen and oxygen atoms in total. The maximum atomic E-state index is 18.3. The van der Waals surface area contributed by atoms with Crippen LogP contribution < -0.4 is 4.57 Å². The molecule has 0 aliphatic carbocycles. The van der Waals surface area contributed by atoms with Crippen molar-refractivity contribution in [1.82, 2.24) is 9.97 Å². The fraction of sp³-hybridized carbons (Fsp3) is 0.108. The van der Waals surface area contributed by atoms with E-state index < -0.39 is 22.8 Å². The molecule has 1 radical (unpaired) electrons. The molecule has 4 unspecified atom stereocenters. The third-order valence-electron chi connectivity index (χ3n) is 8.94. The van der Waals surface area contributed by atoms with Gasteiger partial charge in [-0.15, -0.1) is 28.3 Å². The molecule has 3 aromatic carbocycles. The number of rotatable bonds is 0. The summed E-state index contributed by atoms with van der Waals surface area (Å²) in [4.78, 5) is 9.20. The minimum atomic E-state index is -2.68. The molecule has 0 saturated heterocycles. The fourth-order valence-corrected chi connectivity index (χ4v) is 6.69. The van der Waals surface area contributed by atoms with Gasteiger partial charge in [0.2, 0.25) is 0 Å². The second kappa shape index (κ2) is 9.25. The van der Waals surface area contributed by atoms with Crippen molar-refractivity contribution in [3.05, 3.63) is 195 Å². The fourth-order valence-electron chi connectivity index (χ4n) is 6.69. The van der Waals surface area contributed by atoms with Gasteiger partial charge in [0.1, 0.15) is 6.20 Å². The summed E-state index contributed by atoms with van der Waals surface area (Å²) in [7, 11) is 0. The van der Waals surface area contributed by atoms with Crippen molar-refractivity contribution in [3.8, 4) is 0 Å². The Morgan fingerprint density at radius 1 is 0.444 bits per heavy atom. The molecule has 0 amide bonds. The number of nitrogens with zero attached hydrogens (tertiary/aromatic N) is 3. The average molecular weight is 773 g/mol. The molecule has 8 heteroatoms. The van der Waals surface area contributed by atoms with E-state index in [0.717, 1.165) is 4.57 Å². The van der Waals surface area contributed by atoms with Gasteiger partial charge in [-0.3, -0.25) is 4.57 Å². The molecule has 16 bridgehead atoms. The molecule has 4 aliphatic rings. The van der Waals surface area contributed by atoms with E-state index >= 15 is 17.6 Å². The van der Waals surface area contributed by atoms with E-state index in [1.54, 1.807) is 0 Å². The van der Waals surface area contributed by atoms with Gasteiger partial charge in [-0.2, -0.15) is 83.3 Å². The topological polar surface area (TPSA) is 29.7 Å². The summed E-state index contributed by atoms with van der Waals surface area (Å²) in [5, 5.41) is 0. The molecule has 4 atom stereocenters. The average Bonchev–Trinajstić information content (AvgIpc) is 3.09. The number of benzene rings is 3. The van der Waals surface area contributed by atoms with E-state index in [4.69, 9.17) is 0 Å². The minimum absolute atomic E-state index is 0. The number of alkyl halides is 4. The van der Waals surface area contributed by atoms with Crippen LogP contribution in [-0.2, 0) is 42.9 Å². The van der Waals surface area contributed by atoms with Gasteiger partial charge in [-0.05, 0) is 29.8 Å². The van der Waals surface area contributed by atoms with Gasteiger partial charge in [0, 0.05) is 20.1 Å². The molecule has 0 fully saturated rings. The molecule has 45 heavy (non-hydrogen) atoms. The van der Waals surface area contributed by atoms with Crippen LogP contribution in [0.2, 0.25) is 0 Å². The maximum absolute atomic E-state index is 18.3. The van der Waals surface area contributed by atoms with Crippen LogP contribution >= 0.6 is 0 Å². The summed E-state index contributed by atoms with van der Waals surface area (Å²) in [5.74, 6) is -2.66. The van der Waals surface area contributed by atoms with Crippen LogP contribution in [0.25, 0.3) is 0 Å². The molecular formula is C37H18F4IrN3-3. The van der Waals surface area contributed by atoms with Crippen molar-refractivity contribution < 1.29 is 42.2 Å². The Morgan fingerprint density at radius 2 is 0.800 bits per heavy atom. The number of aromatic nitrogens is 3. The Balaban J connectivity index is 0.00000300. The van der Waals surface area contributed by atoms with Crippen molar-refractivity contribution in [3.63, 3.8) is 0 Å². The summed E-state index contributed by atoms with van der Waals surface area (Å²) < 4.78 is 74.1. The van der Waals surface area contributed by atoms with E-state index in [0.29, 0.717) is 0 Å². The number of pyridine rings is 3. The summed E-state index contributed by atoms with van der Waals surface area (Å²) >= 11 is 0. The van der Waals surface area contributed by atoms with Gasteiger partial charge in [-0.1, -0.05) is 23.3 Å². The largest absolute Gasteiger partial charge is 0.296 e. The van der Waals surface area contributed by atoms with E-state index in [-0.39, 0.29) is 81.8 Å². The first-order valence-corrected chi connectivity index (χ1v) is 14.0. The van der Waals surface area contributed by atoms with Gasteiger partial charge in [-0.25, -0.2) is 23.1 Å². The van der Waals surface area contributed by atoms with Crippen molar-refractivity contribution in [2.24, 2.45) is 0 Å². The SMILES string of the molecule is FC12c3[c-]c(ccc3)C3(F)c4[c-][n+](ccc4)C(F)(c4[c-]c1ccc4)c1[c-]c(ccc1)C(F)(c1cccc2n1)c1cccc3n1.[Ir]. The van der Waals surface area contributed by atoms with Gasteiger partial charge in [0.05, 0.1) is 29.0 Å². The third kappa shape index (κ3) is 3.41. The van der Waals surface area contributed by atoms with Crippen LogP contribution in [0.3, 0.4) is 0 Å². The zero-order valence-corrected chi connectivity index (χ0v) is 25.5. The van der Waals surface area contributed by atoms with E-state index in [1.807, 2.05) is 0 Å². The molecule has 6 aromatic rings. The Hall–Kier alpha value is -4.52. The smallest absolute Gasteiger partial charge is 0.273 e. The van der Waals surface area contributed by atoms with E-state index in [1.165, 1.54) is 109 Å². The molecule has 0 N–H and O–H groups in total. The molecular weight excluding hydrogens is 755 g/mol. The van der Waals surface area contributed by atoms with Crippen LogP contribution in [0.15, 0.2) is 109 Å². The van der Waals surface area contributed by atoms with E-state index in [9.17, 15) is 0 Å². The van der Waals surface area contributed by atoms with Gasteiger partial charge in [0.15, 0.2) is 17.0 Å². The molecule has 0 saturated carbocycles. The first-order valence-electron chi connectivity index (χ1n) is 14.0. The van der Waals surface area contributed by atoms with Crippen molar-refractivity contribution in [2.45, 2.75) is 22.8 Å². The predicted octanol–water partition coefficient (Wildman–Crippen LogP) is 6.41. The van der Waals surface area contributed by atoms with Gasteiger partial charge < -0.3 is 0 Å². The number of halogens is 4. The first-order chi connectivity index (χ1) is 21.3. The van der Waals surface area contributed by atoms with Crippen LogP contribution in [0, 0.1) is 24.4 Å². The van der Waals surface area contributed by atoms with Gasteiger partial charge >= 0.3 is 0 Å². The predicted molar refractivity (Wildman–Crippen MR) is 150 cm³/mol. The molecule has 221 valence electrons. The molecule has 7 heterocycles. The van der Waals surface area contributed by atoms with Crippen LogP contribution in [-0.4, -0.2) is 9.97 Å². The first kappa shape index (κ1) is 28.0. The number of hydrogen-bond acceptors (Lipinski definition) is 2. The Kier molecular flexibility index (Phi) is 5.76. The van der Waals surface area contributed by atoms with Crippen LogP contribution in [0.5, 0.6) is 0 Å². The Labute approximate surface area is 269 Å². The molecule has 10 rings (SSSR count). The van der Waals surface area contributed by atoms with E-state index in [2.05, 4.69) is 34.4 Å². The quantitative estimate of drug-likeness (QED) is 0.102. The molecule has 0 spiro atoms. The van der Waals surface area contributed by atoms with Gasteiger partial charge in [0.25, 0.3) is 5.79 Å². The summed E-state index contributed by atoms with van der Waals surface area (Å²) in [6.45, 7) is 0. The normalized spacial score (nSPS) is 26.4. The zero-order valence-electron chi connectivity index (χ0n) is 23.1. The van der Waals surface area contributed by atoms with Crippen molar-refractivity contribution >= 4 is 0 Å².